The van der Waals surface area contributed by atoms with Gasteiger partial charge in [-0.3, -0.25) is 9.59 Å². The van der Waals surface area contributed by atoms with E-state index in [1.165, 1.54) is 88.8 Å². The van der Waals surface area contributed by atoms with Gasteiger partial charge in [-0.25, -0.2) is 4.98 Å². The van der Waals surface area contributed by atoms with Gasteiger partial charge in [-0.1, -0.05) is 128 Å². The Hall–Kier alpha value is -1.64. The third kappa shape index (κ3) is 14.9. The molecule has 232 valence electrons. The van der Waals surface area contributed by atoms with Crippen LogP contribution >= 0.6 is 23.1 Å². The Labute approximate surface area is 257 Å². The molecule has 0 saturated heterocycles. The number of hydrogen-bond acceptors (Lipinski definition) is 6. The second-order valence-corrected chi connectivity index (χ2v) is 13.5. The molecule has 41 heavy (non-hydrogen) atoms. The summed E-state index contributed by atoms with van der Waals surface area (Å²) in [5.74, 6) is -0.818. The minimum Gasteiger partial charge on any atom is -0.384 e. The summed E-state index contributed by atoms with van der Waals surface area (Å²) in [6.45, 7) is 5.93. The molecule has 2 N–H and O–H groups in total. The highest BCUT2D eigenvalue weighted by atomic mass is 32.2. The van der Waals surface area contributed by atoms with E-state index in [-0.39, 0.29) is 18.4 Å². The SMILES string of the molecule is CCCCCCCCCCNC(=O)C(COC)C(Sc1nc2ccccc2s1)C(=O)NCCCCCCCCCC. The van der Waals surface area contributed by atoms with Crippen molar-refractivity contribution in [1.82, 2.24) is 15.6 Å². The number of rotatable bonds is 25. The van der Waals surface area contributed by atoms with Crippen molar-refractivity contribution in [2.24, 2.45) is 5.92 Å². The largest absolute Gasteiger partial charge is 0.384 e. The average molecular weight is 606 g/mol. The van der Waals surface area contributed by atoms with Crippen molar-refractivity contribution in [3.8, 4) is 0 Å². The zero-order valence-corrected chi connectivity index (χ0v) is 27.5. The van der Waals surface area contributed by atoms with Gasteiger partial charge >= 0.3 is 0 Å². The van der Waals surface area contributed by atoms with Crippen molar-refractivity contribution < 1.29 is 14.3 Å². The first-order chi connectivity index (χ1) is 20.1. The van der Waals surface area contributed by atoms with E-state index in [0.717, 1.165) is 40.2 Å². The van der Waals surface area contributed by atoms with Gasteiger partial charge in [0.05, 0.1) is 22.7 Å². The monoisotopic (exact) mass is 605 g/mol. The second kappa shape index (κ2) is 22.9. The first kappa shape index (κ1) is 35.6. The Bertz CT molecular complexity index is 935. The van der Waals surface area contributed by atoms with E-state index in [2.05, 4.69) is 24.5 Å². The smallest absolute Gasteiger partial charge is 0.234 e. The Morgan fingerprint density at radius 2 is 1.29 bits per heavy atom. The number of carbonyl (C=O) groups is 2. The van der Waals surface area contributed by atoms with Crippen LogP contribution in [0.1, 0.15) is 117 Å². The minimum atomic E-state index is -0.608. The fraction of sp³-hybridized carbons (Fsp3) is 0.727. The zero-order valence-electron chi connectivity index (χ0n) is 25.9. The predicted molar refractivity (Wildman–Crippen MR) is 176 cm³/mol. The van der Waals surface area contributed by atoms with Crippen molar-refractivity contribution in [2.75, 3.05) is 26.8 Å². The van der Waals surface area contributed by atoms with Gasteiger partial charge in [0, 0.05) is 20.2 Å². The molecule has 0 fully saturated rings. The number of methoxy groups -OCH3 is 1. The lowest BCUT2D eigenvalue weighted by atomic mass is 10.0. The number of thiazole rings is 1. The highest BCUT2D eigenvalue weighted by molar-refractivity contribution is 8.02. The Balaban J connectivity index is 1.92. The van der Waals surface area contributed by atoms with Gasteiger partial charge in [-0.05, 0) is 25.0 Å². The van der Waals surface area contributed by atoms with E-state index in [0.29, 0.717) is 13.1 Å². The third-order valence-electron chi connectivity index (χ3n) is 7.47. The highest BCUT2D eigenvalue weighted by Gasteiger charge is 2.35. The summed E-state index contributed by atoms with van der Waals surface area (Å²) in [6.07, 6.45) is 19.5. The number of hydrogen-bond donors (Lipinski definition) is 2. The number of fused-ring (bicyclic) bond motifs is 1. The lowest BCUT2D eigenvalue weighted by molar-refractivity contribution is -0.131. The molecule has 0 saturated carbocycles. The van der Waals surface area contributed by atoms with Crippen LogP contribution in [0.3, 0.4) is 0 Å². The van der Waals surface area contributed by atoms with E-state index in [1.807, 2.05) is 24.3 Å². The number of unbranched alkanes of at least 4 members (excludes halogenated alkanes) is 14. The second-order valence-electron chi connectivity index (χ2n) is 11.1. The standard InChI is InChI=1S/C33H55N3O3S2/c1-4-6-8-10-12-14-16-20-24-34-31(37)27(26-39-3)30(41-33-36-28-22-18-19-23-29(28)40-33)32(38)35-25-21-17-15-13-11-9-7-5-2/h18-19,22-23,27,30H,4-17,20-21,24-26H2,1-3H3,(H,34,37)(H,35,38). The van der Waals surface area contributed by atoms with Crippen LogP contribution in [0, 0.1) is 5.92 Å². The molecular formula is C33H55N3O3S2. The number of nitrogens with one attached hydrogen (secondary N) is 2. The molecule has 2 unspecified atom stereocenters. The molecule has 2 atom stereocenters. The van der Waals surface area contributed by atoms with Gasteiger partial charge in [0.1, 0.15) is 5.25 Å². The van der Waals surface area contributed by atoms with E-state index in [1.54, 1.807) is 18.4 Å². The summed E-state index contributed by atoms with van der Waals surface area (Å²) in [5, 5.41) is 5.62. The van der Waals surface area contributed by atoms with Gasteiger partial charge in [-0.15, -0.1) is 11.3 Å². The first-order valence-electron chi connectivity index (χ1n) is 16.2. The molecule has 2 aromatic rings. The van der Waals surface area contributed by atoms with Crippen LogP contribution in [-0.4, -0.2) is 48.9 Å². The van der Waals surface area contributed by atoms with Gasteiger partial charge in [0.2, 0.25) is 11.8 Å². The Morgan fingerprint density at radius 1 is 0.780 bits per heavy atom. The maximum Gasteiger partial charge on any atom is 0.234 e. The number of ether oxygens (including phenoxy) is 1. The van der Waals surface area contributed by atoms with Gasteiger partial charge in [0.15, 0.2) is 4.34 Å². The van der Waals surface area contributed by atoms with Gasteiger partial charge in [-0.2, -0.15) is 0 Å². The van der Waals surface area contributed by atoms with E-state index >= 15 is 0 Å². The molecule has 0 aliphatic heterocycles. The molecule has 0 bridgehead atoms. The third-order valence-corrected chi connectivity index (χ3v) is 9.93. The number of amides is 2. The molecule has 0 radical (unpaired) electrons. The van der Waals surface area contributed by atoms with Crippen LogP contribution < -0.4 is 10.6 Å². The van der Waals surface area contributed by atoms with Crippen molar-refractivity contribution in [2.45, 2.75) is 126 Å². The summed E-state index contributed by atoms with van der Waals surface area (Å²) in [7, 11) is 1.59. The van der Waals surface area contributed by atoms with Crippen molar-refractivity contribution in [3.63, 3.8) is 0 Å². The number of thioether (sulfide) groups is 1. The maximum absolute atomic E-state index is 13.5. The van der Waals surface area contributed by atoms with Gasteiger partial charge in [0.25, 0.3) is 0 Å². The lowest BCUT2D eigenvalue weighted by Crippen LogP contribution is -2.46. The molecule has 8 heteroatoms. The molecule has 6 nitrogen and oxygen atoms in total. The van der Waals surface area contributed by atoms with Crippen LogP contribution in [0.5, 0.6) is 0 Å². The summed E-state index contributed by atoms with van der Waals surface area (Å²) in [5.41, 5.74) is 0.917. The quantitative estimate of drug-likeness (QED) is 0.0876. The number of benzene rings is 1. The van der Waals surface area contributed by atoms with Crippen molar-refractivity contribution in [1.29, 1.82) is 0 Å². The Morgan fingerprint density at radius 3 is 1.83 bits per heavy atom. The fourth-order valence-electron chi connectivity index (χ4n) is 4.98. The van der Waals surface area contributed by atoms with Gasteiger partial charge < -0.3 is 15.4 Å². The number of aromatic nitrogens is 1. The maximum atomic E-state index is 13.5. The van der Waals surface area contributed by atoms with E-state index in [9.17, 15) is 9.59 Å². The van der Waals surface area contributed by atoms with E-state index < -0.39 is 11.2 Å². The molecule has 1 aromatic heterocycles. The average Bonchev–Trinajstić information content (AvgIpc) is 3.39. The summed E-state index contributed by atoms with van der Waals surface area (Å²) >= 11 is 2.96. The minimum absolute atomic E-state index is 0.110. The molecule has 0 aliphatic rings. The fourth-order valence-corrected chi connectivity index (χ4v) is 7.38. The summed E-state index contributed by atoms with van der Waals surface area (Å²) in [4.78, 5) is 31.6. The number of carbonyl (C=O) groups excluding carboxylic acids is 2. The molecule has 0 aliphatic carbocycles. The molecule has 1 aromatic carbocycles. The van der Waals surface area contributed by atoms with Crippen LogP contribution in [0.2, 0.25) is 0 Å². The molecule has 0 spiro atoms. The predicted octanol–water partition coefficient (Wildman–Crippen LogP) is 8.53. The summed E-state index contributed by atoms with van der Waals surface area (Å²) in [6, 6.07) is 7.99. The highest BCUT2D eigenvalue weighted by Crippen LogP contribution is 2.35. The zero-order chi connectivity index (χ0) is 29.5. The van der Waals surface area contributed by atoms with Crippen LogP contribution in [0.15, 0.2) is 28.6 Å². The molecule has 1 heterocycles. The topological polar surface area (TPSA) is 80.3 Å². The van der Waals surface area contributed by atoms with Crippen molar-refractivity contribution >= 4 is 45.1 Å². The van der Waals surface area contributed by atoms with Crippen LogP contribution in [0.4, 0.5) is 0 Å². The molecular weight excluding hydrogens is 551 g/mol. The number of para-hydroxylation sites is 1. The number of nitrogens with zero attached hydrogens (tertiary/aromatic N) is 1. The molecule has 2 rings (SSSR count). The first-order valence-corrected chi connectivity index (χ1v) is 17.9. The molecule has 2 amide bonds. The van der Waals surface area contributed by atoms with Crippen molar-refractivity contribution in [3.05, 3.63) is 24.3 Å². The van der Waals surface area contributed by atoms with Crippen LogP contribution in [0.25, 0.3) is 10.2 Å². The van der Waals surface area contributed by atoms with E-state index in [4.69, 9.17) is 9.72 Å². The Kier molecular flexibility index (Phi) is 19.9. The van der Waals surface area contributed by atoms with Crippen LogP contribution in [-0.2, 0) is 14.3 Å². The normalized spacial score (nSPS) is 12.9. The lowest BCUT2D eigenvalue weighted by Gasteiger charge is -2.24. The summed E-state index contributed by atoms with van der Waals surface area (Å²) < 4.78 is 7.35.